The molecular weight excluding hydrogens is 248 g/mol. The quantitative estimate of drug-likeness (QED) is 0.779. The van der Waals surface area contributed by atoms with Crippen LogP contribution in [0.25, 0.3) is 10.9 Å². The number of carbonyl (C=O) groups is 1. The van der Waals surface area contributed by atoms with Crippen LogP contribution in [0.5, 0.6) is 0 Å². The fraction of sp³-hybridized carbons (Fsp3) is 0.412. The third-order valence-corrected chi connectivity index (χ3v) is 4.08. The zero-order valence-corrected chi connectivity index (χ0v) is 12.1. The maximum atomic E-state index is 11.4. The van der Waals surface area contributed by atoms with Gasteiger partial charge in [-0.05, 0) is 56.4 Å². The highest BCUT2D eigenvalue weighted by molar-refractivity contribution is 5.93. The van der Waals surface area contributed by atoms with Crippen LogP contribution in [0, 0.1) is 13.8 Å². The van der Waals surface area contributed by atoms with E-state index in [1.165, 1.54) is 30.4 Å². The number of fused-ring (bicyclic) bond motifs is 1. The Kier molecular flexibility index (Phi) is 3.43. The number of rotatable bonds is 2. The van der Waals surface area contributed by atoms with E-state index in [0.29, 0.717) is 5.56 Å². The summed E-state index contributed by atoms with van der Waals surface area (Å²) in [5.41, 5.74) is 4.10. The van der Waals surface area contributed by atoms with E-state index in [-0.39, 0.29) is 0 Å². The minimum Gasteiger partial charge on any atom is -0.356 e. The molecular formula is C17H20N2O. The first-order valence-corrected chi connectivity index (χ1v) is 7.31. The van der Waals surface area contributed by atoms with Crippen molar-refractivity contribution in [3.63, 3.8) is 0 Å². The van der Waals surface area contributed by atoms with Crippen LogP contribution in [-0.4, -0.2) is 24.4 Å². The van der Waals surface area contributed by atoms with E-state index >= 15 is 0 Å². The minimum atomic E-state index is 0.714. The molecule has 3 heteroatoms. The summed E-state index contributed by atoms with van der Waals surface area (Å²) in [6.07, 6.45) is 4.59. The van der Waals surface area contributed by atoms with Gasteiger partial charge in [0.2, 0.25) is 0 Å². The number of benzene rings is 1. The van der Waals surface area contributed by atoms with Crippen LogP contribution in [0.15, 0.2) is 18.2 Å². The second kappa shape index (κ2) is 5.23. The van der Waals surface area contributed by atoms with Crippen molar-refractivity contribution in [1.82, 2.24) is 4.98 Å². The zero-order chi connectivity index (χ0) is 14.1. The third kappa shape index (κ3) is 2.28. The van der Waals surface area contributed by atoms with Crippen LogP contribution in [0.2, 0.25) is 0 Å². The van der Waals surface area contributed by atoms with Gasteiger partial charge in [0.1, 0.15) is 5.82 Å². The van der Waals surface area contributed by atoms with E-state index in [4.69, 9.17) is 4.98 Å². The topological polar surface area (TPSA) is 33.2 Å². The highest BCUT2D eigenvalue weighted by Crippen LogP contribution is 2.27. The second-order valence-electron chi connectivity index (χ2n) is 5.72. The van der Waals surface area contributed by atoms with E-state index < -0.39 is 0 Å². The van der Waals surface area contributed by atoms with E-state index in [0.717, 1.165) is 36.1 Å². The Bertz CT molecular complexity index is 658. The number of hydrogen-bond acceptors (Lipinski definition) is 3. The monoisotopic (exact) mass is 268 g/mol. The molecule has 2 aromatic rings. The van der Waals surface area contributed by atoms with Crippen molar-refractivity contribution >= 4 is 23.0 Å². The fourth-order valence-corrected chi connectivity index (χ4v) is 3.08. The molecule has 0 saturated carbocycles. The zero-order valence-electron chi connectivity index (χ0n) is 12.1. The maximum absolute atomic E-state index is 11.4. The summed E-state index contributed by atoms with van der Waals surface area (Å²) in [6.45, 7) is 6.17. The average Bonchev–Trinajstić information content (AvgIpc) is 2.47. The summed E-state index contributed by atoms with van der Waals surface area (Å²) in [5.74, 6) is 0.859. The molecule has 2 heterocycles. The molecule has 3 rings (SSSR count). The van der Waals surface area contributed by atoms with Gasteiger partial charge >= 0.3 is 0 Å². The summed E-state index contributed by atoms with van der Waals surface area (Å²) in [4.78, 5) is 18.5. The molecule has 0 spiro atoms. The molecule has 0 radical (unpaired) electrons. The highest BCUT2D eigenvalue weighted by atomic mass is 16.1. The number of carbonyl (C=O) groups excluding carboxylic acids is 1. The number of aryl methyl sites for hydroxylation is 2. The SMILES string of the molecule is Cc1cc(C)c2cc(C=O)c(N3CCCCC3)nc2c1. The van der Waals surface area contributed by atoms with Gasteiger partial charge in [-0.15, -0.1) is 0 Å². The van der Waals surface area contributed by atoms with Crippen LogP contribution in [0.1, 0.15) is 40.7 Å². The first kappa shape index (κ1) is 13.1. The first-order valence-electron chi connectivity index (χ1n) is 7.31. The lowest BCUT2D eigenvalue weighted by atomic mass is 10.0. The molecule has 0 amide bonds. The molecule has 0 N–H and O–H groups in total. The van der Waals surface area contributed by atoms with Crippen molar-refractivity contribution in [1.29, 1.82) is 0 Å². The predicted octanol–water partition coefficient (Wildman–Crippen LogP) is 3.65. The van der Waals surface area contributed by atoms with E-state index in [9.17, 15) is 4.79 Å². The Balaban J connectivity index is 2.17. The van der Waals surface area contributed by atoms with Gasteiger partial charge in [0.05, 0.1) is 11.1 Å². The second-order valence-corrected chi connectivity index (χ2v) is 5.72. The normalized spacial score (nSPS) is 15.6. The Morgan fingerprint density at radius 1 is 1.10 bits per heavy atom. The Morgan fingerprint density at radius 3 is 2.55 bits per heavy atom. The lowest BCUT2D eigenvalue weighted by Gasteiger charge is -2.29. The van der Waals surface area contributed by atoms with Gasteiger partial charge in [-0.25, -0.2) is 4.98 Å². The number of nitrogens with zero attached hydrogens (tertiary/aromatic N) is 2. The molecule has 0 unspecified atom stereocenters. The van der Waals surface area contributed by atoms with Gasteiger partial charge in [0, 0.05) is 18.5 Å². The summed E-state index contributed by atoms with van der Waals surface area (Å²) in [6, 6.07) is 6.23. The summed E-state index contributed by atoms with van der Waals surface area (Å²) >= 11 is 0. The first-order chi connectivity index (χ1) is 9.69. The van der Waals surface area contributed by atoms with Crippen molar-refractivity contribution in [3.8, 4) is 0 Å². The molecule has 0 atom stereocenters. The average molecular weight is 268 g/mol. The molecule has 104 valence electrons. The number of hydrogen-bond donors (Lipinski definition) is 0. The summed E-state index contributed by atoms with van der Waals surface area (Å²) in [5, 5.41) is 1.08. The Labute approximate surface area is 119 Å². The summed E-state index contributed by atoms with van der Waals surface area (Å²) < 4.78 is 0. The molecule has 1 aliphatic heterocycles. The van der Waals surface area contributed by atoms with Crippen LogP contribution in [0.4, 0.5) is 5.82 Å². The van der Waals surface area contributed by atoms with Crippen molar-refractivity contribution in [2.24, 2.45) is 0 Å². The predicted molar refractivity (Wildman–Crippen MR) is 82.7 cm³/mol. The molecule has 1 aromatic carbocycles. The van der Waals surface area contributed by atoms with Gasteiger partial charge in [-0.1, -0.05) is 6.07 Å². The van der Waals surface area contributed by atoms with Crippen molar-refractivity contribution < 1.29 is 4.79 Å². The molecule has 1 aliphatic rings. The molecule has 3 nitrogen and oxygen atoms in total. The Hall–Kier alpha value is -1.90. The standard InChI is InChI=1S/C17H20N2O/c1-12-8-13(2)15-10-14(11-20)17(18-16(15)9-12)19-6-4-3-5-7-19/h8-11H,3-7H2,1-2H3. The van der Waals surface area contributed by atoms with E-state index in [2.05, 4.69) is 30.9 Å². The number of aromatic nitrogens is 1. The molecule has 0 aliphatic carbocycles. The van der Waals surface area contributed by atoms with Crippen molar-refractivity contribution in [2.45, 2.75) is 33.1 Å². The van der Waals surface area contributed by atoms with Crippen LogP contribution in [0.3, 0.4) is 0 Å². The van der Waals surface area contributed by atoms with Gasteiger partial charge in [0.15, 0.2) is 6.29 Å². The maximum Gasteiger partial charge on any atom is 0.153 e. The lowest BCUT2D eigenvalue weighted by Crippen LogP contribution is -2.31. The van der Waals surface area contributed by atoms with Gasteiger partial charge < -0.3 is 4.90 Å². The molecule has 1 saturated heterocycles. The third-order valence-electron chi connectivity index (χ3n) is 4.08. The van der Waals surface area contributed by atoms with E-state index in [1.807, 2.05) is 6.07 Å². The van der Waals surface area contributed by atoms with Gasteiger partial charge in [0.25, 0.3) is 0 Å². The fourth-order valence-electron chi connectivity index (χ4n) is 3.08. The molecule has 20 heavy (non-hydrogen) atoms. The number of aldehydes is 1. The number of piperidine rings is 1. The van der Waals surface area contributed by atoms with Crippen molar-refractivity contribution in [2.75, 3.05) is 18.0 Å². The molecule has 1 fully saturated rings. The molecule has 1 aromatic heterocycles. The van der Waals surface area contributed by atoms with Crippen LogP contribution < -0.4 is 4.90 Å². The highest BCUT2D eigenvalue weighted by Gasteiger charge is 2.17. The van der Waals surface area contributed by atoms with Crippen LogP contribution in [-0.2, 0) is 0 Å². The molecule has 0 bridgehead atoms. The smallest absolute Gasteiger partial charge is 0.153 e. The van der Waals surface area contributed by atoms with Gasteiger partial charge in [-0.3, -0.25) is 4.79 Å². The number of pyridine rings is 1. The van der Waals surface area contributed by atoms with E-state index in [1.54, 1.807) is 0 Å². The van der Waals surface area contributed by atoms with Crippen molar-refractivity contribution in [3.05, 3.63) is 34.9 Å². The summed E-state index contributed by atoms with van der Waals surface area (Å²) in [7, 11) is 0. The van der Waals surface area contributed by atoms with Crippen LogP contribution >= 0.6 is 0 Å². The Morgan fingerprint density at radius 2 is 1.85 bits per heavy atom. The van der Waals surface area contributed by atoms with Gasteiger partial charge in [-0.2, -0.15) is 0 Å². The largest absolute Gasteiger partial charge is 0.356 e. The minimum absolute atomic E-state index is 0.714. The number of anilines is 1. The lowest BCUT2D eigenvalue weighted by molar-refractivity contribution is 0.112.